The number of halogens is 4. The Bertz CT molecular complexity index is 1280. The van der Waals surface area contributed by atoms with Crippen LogP contribution in [-0.4, -0.2) is 50.0 Å². The molecule has 0 aliphatic heterocycles. The van der Waals surface area contributed by atoms with Crippen LogP contribution in [0.2, 0.25) is 5.02 Å². The zero-order valence-electron chi connectivity index (χ0n) is 22.1. The number of hydrogen-bond acceptors (Lipinski definition) is 4. The maximum absolute atomic E-state index is 13.7. The molecular weight excluding hydrogens is 555 g/mol. The number of benzene rings is 2. The van der Waals surface area contributed by atoms with Crippen molar-refractivity contribution in [3.8, 4) is 0 Å². The maximum atomic E-state index is 13.7. The number of hydrogen-bond donors (Lipinski definition) is 1. The summed E-state index contributed by atoms with van der Waals surface area (Å²) >= 11 is 5.71. The Morgan fingerprint density at radius 3 is 2.26 bits per heavy atom. The second kappa shape index (κ2) is 12.6. The number of nitrogens with one attached hydrogen (secondary N) is 1. The molecule has 12 heteroatoms. The fourth-order valence-corrected chi connectivity index (χ4v) is 5.74. The largest absolute Gasteiger partial charge is 0.417 e. The van der Waals surface area contributed by atoms with Crippen molar-refractivity contribution in [2.45, 2.75) is 70.8 Å². The molecule has 0 aromatic heterocycles. The predicted molar refractivity (Wildman–Crippen MR) is 145 cm³/mol. The van der Waals surface area contributed by atoms with E-state index in [0.717, 1.165) is 55.2 Å². The van der Waals surface area contributed by atoms with Crippen LogP contribution in [0.25, 0.3) is 0 Å². The lowest BCUT2D eigenvalue weighted by atomic mass is 10.1. The molecule has 0 bridgehead atoms. The van der Waals surface area contributed by atoms with Gasteiger partial charge in [-0.15, -0.1) is 0 Å². The number of sulfonamides is 1. The number of amides is 2. The number of aryl methyl sites for hydroxylation is 1. The van der Waals surface area contributed by atoms with Crippen LogP contribution in [0.1, 0.15) is 55.7 Å². The molecule has 1 atom stereocenters. The van der Waals surface area contributed by atoms with Crippen molar-refractivity contribution in [1.82, 2.24) is 10.2 Å². The van der Waals surface area contributed by atoms with Crippen molar-refractivity contribution in [3.63, 3.8) is 0 Å². The van der Waals surface area contributed by atoms with Crippen molar-refractivity contribution < 1.29 is 31.2 Å². The number of nitrogens with zero attached hydrogens (tertiary/aromatic N) is 2. The van der Waals surface area contributed by atoms with Crippen LogP contribution in [0.4, 0.5) is 18.9 Å². The monoisotopic (exact) mass is 587 g/mol. The minimum absolute atomic E-state index is 0.00486. The highest BCUT2D eigenvalue weighted by atomic mass is 35.5. The first-order valence-corrected chi connectivity index (χ1v) is 14.9. The Kier molecular flexibility index (Phi) is 9.93. The zero-order valence-corrected chi connectivity index (χ0v) is 23.7. The zero-order chi connectivity index (χ0) is 29.0. The standard InChI is InChI=1S/C27H33ClF3N3O4S/c1-4-24(26(36)32-20-7-5-6-8-20)33(16-19-11-9-18(2)10-12-19)25(35)17-34(39(3,37)38)21-13-14-23(28)22(15-21)27(29,30)31/h9-15,20,24H,4-8,16-17H2,1-3H3,(H,32,36)/t24-/m1/s1. The summed E-state index contributed by atoms with van der Waals surface area (Å²) in [5, 5.41) is 2.41. The molecule has 2 aromatic rings. The van der Waals surface area contributed by atoms with E-state index >= 15 is 0 Å². The minimum atomic E-state index is -4.83. The third-order valence-electron chi connectivity index (χ3n) is 6.78. The summed E-state index contributed by atoms with van der Waals surface area (Å²) in [6.07, 6.45) is -0.0909. The number of rotatable bonds is 10. The maximum Gasteiger partial charge on any atom is 0.417 e. The Morgan fingerprint density at radius 1 is 1.10 bits per heavy atom. The molecule has 2 aromatic carbocycles. The SMILES string of the molecule is CC[C@H](C(=O)NC1CCCC1)N(Cc1ccc(C)cc1)C(=O)CN(c1ccc(Cl)c(C(F)(F)F)c1)S(C)(=O)=O. The van der Waals surface area contributed by atoms with Gasteiger partial charge in [-0.3, -0.25) is 13.9 Å². The lowest BCUT2D eigenvalue weighted by Crippen LogP contribution is -2.53. The average Bonchev–Trinajstić information content (AvgIpc) is 3.35. The fraction of sp³-hybridized carbons (Fsp3) is 0.481. The third-order valence-corrected chi connectivity index (χ3v) is 8.25. The van der Waals surface area contributed by atoms with E-state index in [1.807, 2.05) is 19.1 Å². The first-order chi connectivity index (χ1) is 18.2. The molecule has 214 valence electrons. The lowest BCUT2D eigenvalue weighted by Gasteiger charge is -2.33. The van der Waals surface area contributed by atoms with E-state index in [1.54, 1.807) is 19.1 Å². The van der Waals surface area contributed by atoms with Gasteiger partial charge >= 0.3 is 6.18 Å². The fourth-order valence-electron chi connectivity index (χ4n) is 4.68. The number of carbonyl (C=O) groups is 2. The van der Waals surface area contributed by atoms with Gasteiger partial charge in [-0.1, -0.05) is 61.2 Å². The van der Waals surface area contributed by atoms with Crippen LogP contribution in [0.5, 0.6) is 0 Å². The number of alkyl halides is 3. The van der Waals surface area contributed by atoms with E-state index in [-0.39, 0.29) is 30.6 Å². The van der Waals surface area contributed by atoms with Crippen molar-refractivity contribution in [2.24, 2.45) is 0 Å². The smallest absolute Gasteiger partial charge is 0.352 e. The first kappa shape index (κ1) is 30.7. The van der Waals surface area contributed by atoms with Crippen LogP contribution in [-0.2, 0) is 32.3 Å². The first-order valence-electron chi connectivity index (χ1n) is 12.7. The molecule has 1 N–H and O–H groups in total. The highest BCUT2D eigenvalue weighted by molar-refractivity contribution is 7.92. The Hall–Kier alpha value is -2.79. The van der Waals surface area contributed by atoms with Crippen molar-refractivity contribution in [3.05, 3.63) is 64.2 Å². The molecular formula is C27H33ClF3N3O4S. The summed E-state index contributed by atoms with van der Waals surface area (Å²) in [6, 6.07) is 9.07. The molecule has 0 radical (unpaired) electrons. The summed E-state index contributed by atoms with van der Waals surface area (Å²) in [6.45, 7) is 2.87. The van der Waals surface area contributed by atoms with Gasteiger partial charge in [0, 0.05) is 12.6 Å². The van der Waals surface area contributed by atoms with Gasteiger partial charge in [0.15, 0.2) is 0 Å². The Morgan fingerprint density at radius 2 is 1.72 bits per heavy atom. The highest BCUT2D eigenvalue weighted by Gasteiger charge is 2.36. The van der Waals surface area contributed by atoms with Crippen LogP contribution in [0, 0.1) is 6.92 Å². The van der Waals surface area contributed by atoms with Crippen molar-refractivity contribution in [2.75, 3.05) is 17.1 Å². The topological polar surface area (TPSA) is 86.8 Å². The molecule has 1 aliphatic rings. The van der Waals surface area contributed by atoms with E-state index in [0.29, 0.717) is 10.4 Å². The van der Waals surface area contributed by atoms with Gasteiger partial charge < -0.3 is 10.2 Å². The second-order valence-electron chi connectivity index (χ2n) is 9.85. The van der Waals surface area contributed by atoms with Crippen molar-refractivity contribution >= 4 is 39.1 Å². The van der Waals surface area contributed by atoms with E-state index < -0.39 is 45.3 Å². The van der Waals surface area contributed by atoms with Crippen LogP contribution in [0.3, 0.4) is 0 Å². The van der Waals surface area contributed by atoms with Crippen LogP contribution in [0.15, 0.2) is 42.5 Å². The summed E-state index contributed by atoms with van der Waals surface area (Å²) in [4.78, 5) is 28.3. The minimum Gasteiger partial charge on any atom is -0.352 e. The highest BCUT2D eigenvalue weighted by Crippen LogP contribution is 2.37. The molecule has 1 fully saturated rings. The van der Waals surface area contributed by atoms with Crippen LogP contribution >= 0.6 is 11.6 Å². The second-order valence-corrected chi connectivity index (χ2v) is 12.2. The molecule has 0 saturated heterocycles. The third kappa shape index (κ3) is 8.11. The molecule has 0 spiro atoms. The Balaban J connectivity index is 1.97. The van der Waals surface area contributed by atoms with Gasteiger partial charge in [0.1, 0.15) is 12.6 Å². The lowest BCUT2D eigenvalue weighted by molar-refractivity contribution is -0.140. The molecule has 3 rings (SSSR count). The van der Waals surface area contributed by atoms with Crippen LogP contribution < -0.4 is 9.62 Å². The van der Waals surface area contributed by atoms with Gasteiger partial charge in [-0.2, -0.15) is 13.2 Å². The van der Waals surface area contributed by atoms with Gasteiger partial charge in [-0.25, -0.2) is 8.42 Å². The molecule has 0 heterocycles. The van der Waals surface area contributed by atoms with Gasteiger partial charge in [0.25, 0.3) is 0 Å². The average molecular weight is 588 g/mol. The van der Waals surface area contributed by atoms with Gasteiger partial charge in [0.05, 0.1) is 22.5 Å². The predicted octanol–water partition coefficient (Wildman–Crippen LogP) is 5.30. The van der Waals surface area contributed by atoms with E-state index in [9.17, 15) is 31.2 Å². The van der Waals surface area contributed by atoms with Crippen molar-refractivity contribution in [1.29, 1.82) is 0 Å². The summed E-state index contributed by atoms with van der Waals surface area (Å²) < 4.78 is 66.5. The number of anilines is 1. The van der Waals surface area contributed by atoms with Gasteiger partial charge in [0.2, 0.25) is 21.8 Å². The molecule has 0 unspecified atom stereocenters. The van der Waals surface area contributed by atoms with E-state index in [1.165, 1.54) is 4.90 Å². The van der Waals surface area contributed by atoms with E-state index in [2.05, 4.69) is 5.32 Å². The van der Waals surface area contributed by atoms with Gasteiger partial charge in [-0.05, 0) is 49.9 Å². The summed E-state index contributed by atoms with van der Waals surface area (Å²) in [5.41, 5.74) is 0.134. The summed E-state index contributed by atoms with van der Waals surface area (Å²) in [7, 11) is -4.20. The normalized spacial score (nSPS) is 15.2. The van der Waals surface area contributed by atoms with E-state index in [4.69, 9.17) is 11.6 Å². The molecule has 7 nitrogen and oxygen atoms in total. The molecule has 1 saturated carbocycles. The Labute approximate surface area is 232 Å². The molecule has 2 amide bonds. The number of carbonyl (C=O) groups excluding carboxylic acids is 2. The molecule has 1 aliphatic carbocycles. The molecule has 39 heavy (non-hydrogen) atoms. The summed E-state index contributed by atoms with van der Waals surface area (Å²) in [5.74, 6) is -1.07. The quantitative estimate of drug-likeness (QED) is 0.409.